The largest absolute Gasteiger partial charge is 0.477 e. The van der Waals surface area contributed by atoms with E-state index in [9.17, 15) is 4.79 Å². The number of amides is 1. The maximum atomic E-state index is 12.3. The van der Waals surface area contributed by atoms with Crippen LogP contribution in [-0.4, -0.2) is 38.0 Å². The lowest BCUT2D eigenvalue weighted by Crippen LogP contribution is -2.24. The molecule has 0 bridgehead atoms. The van der Waals surface area contributed by atoms with Crippen LogP contribution in [0.4, 0.5) is 0 Å². The SMILES string of the molecule is CCc1ccccc1-n1cnnc1SCC(=O)NCc1ccc(OCC2CC2)nc1. The monoisotopic (exact) mass is 423 g/mol. The quantitative estimate of drug-likeness (QED) is 0.503. The fourth-order valence-electron chi connectivity index (χ4n) is 3.00. The first-order chi connectivity index (χ1) is 14.7. The van der Waals surface area contributed by atoms with E-state index in [1.165, 1.54) is 30.2 Å². The summed E-state index contributed by atoms with van der Waals surface area (Å²) >= 11 is 1.37. The fraction of sp³-hybridized carbons (Fsp3) is 0.364. The smallest absolute Gasteiger partial charge is 0.230 e. The molecule has 7 nitrogen and oxygen atoms in total. The van der Waals surface area contributed by atoms with Crippen LogP contribution in [0.15, 0.2) is 54.1 Å². The number of ether oxygens (including phenoxy) is 1. The number of aromatic nitrogens is 4. The molecule has 0 radical (unpaired) electrons. The van der Waals surface area contributed by atoms with Crippen LogP contribution in [-0.2, 0) is 17.8 Å². The summed E-state index contributed by atoms with van der Waals surface area (Å²) in [4.78, 5) is 16.6. The Labute approximate surface area is 180 Å². The van der Waals surface area contributed by atoms with Gasteiger partial charge in [-0.15, -0.1) is 10.2 Å². The van der Waals surface area contributed by atoms with Crippen LogP contribution in [0.25, 0.3) is 5.69 Å². The number of para-hydroxylation sites is 1. The topological polar surface area (TPSA) is 81.9 Å². The zero-order valence-electron chi connectivity index (χ0n) is 17.0. The van der Waals surface area contributed by atoms with Gasteiger partial charge in [0.2, 0.25) is 11.8 Å². The second-order valence-electron chi connectivity index (χ2n) is 7.29. The van der Waals surface area contributed by atoms with Crippen molar-refractivity contribution in [2.75, 3.05) is 12.4 Å². The summed E-state index contributed by atoms with van der Waals surface area (Å²) in [5.74, 6) is 1.54. The van der Waals surface area contributed by atoms with E-state index >= 15 is 0 Å². The number of carbonyl (C=O) groups is 1. The van der Waals surface area contributed by atoms with Gasteiger partial charge in [-0.05, 0) is 42.4 Å². The third kappa shape index (κ3) is 5.38. The highest BCUT2D eigenvalue weighted by Crippen LogP contribution is 2.29. The summed E-state index contributed by atoms with van der Waals surface area (Å²) in [5.41, 5.74) is 3.19. The molecule has 1 fully saturated rings. The van der Waals surface area contributed by atoms with Crippen molar-refractivity contribution in [2.45, 2.75) is 37.9 Å². The standard InChI is InChI=1S/C22H25N5O2S/c1-2-18-5-3-4-6-19(18)27-15-25-26-22(27)30-14-20(28)23-11-17-9-10-21(24-12-17)29-13-16-7-8-16/h3-6,9-10,12,15-16H,2,7-8,11,13-14H2,1H3,(H,23,28). The molecule has 1 amide bonds. The number of aryl methyl sites for hydroxylation is 1. The molecule has 0 saturated heterocycles. The van der Waals surface area contributed by atoms with Crippen LogP contribution >= 0.6 is 11.8 Å². The summed E-state index contributed by atoms with van der Waals surface area (Å²) < 4.78 is 7.57. The van der Waals surface area contributed by atoms with Gasteiger partial charge in [0.15, 0.2) is 5.16 Å². The van der Waals surface area contributed by atoms with Crippen LogP contribution in [0.3, 0.4) is 0 Å². The van der Waals surface area contributed by atoms with Crippen LogP contribution in [0.1, 0.15) is 30.9 Å². The lowest BCUT2D eigenvalue weighted by atomic mass is 10.1. The highest BCUT2D eigenvalue weighted by atomic mass is 32.2. The first-order valence-electron chi connectivity index (χ1n) is 10.2. The van der Waals surface area contributed by atoms with Crippen LogP contribution in [0, 0.1) is 5.92 Å². The van der Waals surface area contributed by atoms with Crippen molar-refractivity contribution in [1.29, 1.82) is 0 Å². The van der Waals surface area contributed by atoms with Crippen LogP contribution in [0.5, 0.6) is 5.88 Å². The maximum absolute atomic E-state index is 12.3. The molecule has 0 aliphatic heterocycles. The number of benzene rings is 1. The van der Waals surface area contributed by atoms with E-state index in [1.807, 2.05) is 34.9 Å². The Balaban J connectivity index is 1.27. The summed E-state index contributed by atoms with van der Waals surface area (Å²) in [7, 11) is 0. The Morgan fingerprint density at radius 1 is 1.27 bits per heavy atom. The van der Waals surface area contributed by atoms with Gasteiger partial charge in [0.25, 0.3) is 0 Å². The van der Waals surface area contributed by atoms with Gasteiger partial charge < -0.3 is 10.1 Å². The first-order valence-corrected chi connectivity index (χ1v) is 11.2. The molecule has 1 N–H and O–H groups in total. The minimum absolute atomic E-state index is 0.0626. The number of thioether (sulfide) groups is 1. The van der Waals surface area contributed by atoms with Gasteiger partial charge in [0, 0.05) is 18.8 Å². The molecule has 0 atom stereocenters. The van der Waals surface area contributed by atoms with Gasteiger partial charge in [-0.1, -0.05) is 43.0 Å². The summed E-state index contributed by atoms with van der Waals surface area (Å²) in [6.07, 6.45) is 6.85. The predicted molar refractivity (Wildman–Crippen MR) is 116 cm³/mol. The van der Waals surface area contributed by atoms with E-state index in [-0.39, 0.29) is 11.7 Å². The average molecular weight is 424 g/mol. The Morgan fingerprint density at radius 2 is 2.13 bits per heavy atom. The third-order valence-electron chi connectivity index (χ3n) is 4.93. The number of carbonyl (C=O) groups excluding carboxylic acids is 1. The molecule has 3 aromatic rings. The van der Waals surface area contributed by atoms with E-state index in [0.29, 0.717) is 23.5 Å². The van der Waals surface area contributed by atoms with Crippen LogP contribution in [0.2, 0.25) is 0 Å². The van der Waals surface area contributed by atoms with E-state index in [4.69, 9.17) is 4.74 Å². The minimum atomic E-state index is -0.0626. The fourth-order valence-corrected chi connectivity index (χ4v) is 3.75. The normalized spacial score (nSPS) is 13.2. The minimum Gasteiger partial charge on any atom is -0.477 e. The summed E-state index contributed by atoms with van der Waals surface area (Å²) in [6, 6.07) is 11.9. The molecule has 1 aromatic carbocycles. The highest BCUT2D eigenvalue weighted by molar-refractivity contribution is 7.99. The maximum Gasteiger partial charge on any atom is 0.230 e. The third-order valence-corrected chi connectivity index (χ3v) is 5.88. The van der Waals surface area contributed by atoms with Crippen molar-refractivity contribution in [1.82, 2.24) is 25.1 Å². The highest BCUT2D eigenvalue weighted by Gasteiger charge is 2.22. The number of nitrogens with zero attached hydrogens (tertiary/aromatic N) is 4. The van der Waals surface area contributed by atoms with E-state index < -0.39 is 0 Å². The van der Waals surface area contributed by atoms with Gasteiger partial charge >= 0.3 is 0 Å². The molecule has 4 rings (SSSR count). The predicted octanol–water partition coefficient (Wildman–Crippen LogP) is 3.42. The van der Waals surface area contributed by atoms with Gasteiger partial charge in [-0.25, -0.2) is 4.98 Å². The molecule has 0 unspecified atom stereocenters. The number of nitrogens with one attached hydrogen (secondary N) is 1. The molecule has 1 aliphatic carbocycles. The molecule has 0 spiro atoms. The molecule has 1 aliphatic rings. The van der Waals surface area contributed by atoms with Crippen molar-refractivity contribution in [2.24, 2.45) is 5.92 Å². The Bertz CT molecular complexity index is 985. The Kier molecular flexibility index (Phi) is 6.63. The van der Waals surface area contributed by atoms with Gasteiger partial charge in [-0.3, -0.25) is 9.36 Å². The van der Waals surface area contributed by atoms with Crippen molar-refractivity contribution in [3.05, 3.63) is 60.0 Å². The van der Waals surface area contributed by atoms with Gasteiger partial charge in [0.05, 0.1) is 18.0 Å². The van der Waals surface area contributed by atoms with E-state index in [0.717, 1.165) is 24.3 Å². The zero-order valence-corrected chi connectivity index (χ0v) is 17.8. The van der Waals surface area contributed by atoms with Crippen molar-refractivity contribution < 1.29 is 9.53 Å². The second kappa shape index (κ2) is 9.75. The van der Waals surface area contributed by atoms with E-state index in [1.54, 1.807) is 12.5 Å². The Morgan fingerprint density at radius 3 is 2.90 bits per heavy atom. The number of pyridine rings is 1. The summed E-state index contributed by atoms with van der Waals surface area (Å²) in [5, 5.41) is 11.8. The van der Waals surface area contributed by atoms with Crippen molar-refractivity contribution >= 4 is 17.7 Å². The van der Waals surface area contributed by atoms with Crippen molar-refractivity contribution in [3.8, 4) is 11.6 Å². The molecular formula is C22H25N5O2S. The van der Waals surface area contributed by atoms with Gasteiger partial charge in [-0.2, -0.15) is 0 Å². The van der Waals surface area contributed by atoms with Gasteiger partial charge in [0.1, 0.15) is 6.33 Å². The molecule has 30 heavy (non-hydrogen) atoms. The lowest BCUT2D eigenvalue weighted by Gasteiger charge is -2.10. The summed E-state index contributed by atoms with van der Waals surface area (Å²) in [6.45, 7) is 3.29. The lowest BCUT2D eigenvalue weighted by molar-refractivity contribution is -0.118. The number of hydrogen-bond donors (Lipinski definition) is 1. The molecule has 2 aromatic heterocycles. The van der Waals surface area contributed by atoms with E-state index in [2.05, 4.69) is 33.5 Å². The number of rotatable bonds is 10. The van der Waals surface area contributed by atoms with Crippen molar-refractivity contribution in [3.63, 3.8) is 0 Å². The van der Waals surface area contributed by atoms with Crippen LogP contribution < -0.4 is 10.1 Å². The molecular weight excluding hydrogens is 398 g/mol. The molecule has 2 heterocycles. The number of hydrogen-bond acceptors (Lipinski definition) is 6. The zero-order chi connectivity index (χ0) is 20.8. The molecule has 1 saturated carbocycles. The average Bonchev–Trinajstić information content (AvgIpc) is 3.50. The first kappa shape index (κ1) is 20.4. The second-order valence-corrected chi connectivity index (χ2v) is 8.23. The molecule has 156 valence electrons. The molecule has 8 heteroatoms. The Hall–Kier alpha value is -2.87.